The third kappa shape index (κ3) is 2.81. The van der Waals surface area contributed by atoms with Crippen molar-refractivity contribution in [3.8, 4) is 0 Å². The topological polar surface area (TPSA) is 29.3 Å². The maximum Gasteiger partial charge on any atom is 0.0370 e. The first-order chi connectivity index (χ1) is 8.13. The molecule has 0 amide bonds. The van der Waals surface area contributed by atoms with Crippen LogP contribution in [0.5, 0.6) is 0 Å². The third-order valence-electron chi connectivity index (χ3n) is 3.98. The van der Waals surface area contributed by atoms with Crippen molar-refractivity contribution in [1.82, 2.24) is 0 Å². The van der Waals surface area contributed by atoms with Gasteiger partial charge in [0.25, 0.3) is 0 Å². The zero-order chi connectivity index (χ0) is 12.3. The van der Waals surface area contributed by atoms with Crippen molar-refractivity contribution in [3.05, 3.63) is 30.3 Å². The Morgan fingerprint density at radius 2 is 2.00 bits per heavy atom. The largest absolute Gasteiger partial charge is 0.366 e. The standard InChI is InChI=1S/C15H24N2/c1-15(2)10-8-13(9-11-16)12-17(15)14-6-4-3-5-7-14/h3-7,13H,8-12,16H2,1-2H3. The summed E-state index contributed by atoms with van der Waals surface area (Å²) in [5.74, 6) is 0.758. The smallest absolute Gasteiger partial charge is 0.0370 e. The summed E-state index contributed by atoms with van der Waals surface area (Å²) in [6, 6.07) is 10.8. The maximum atomic E-state index is 5.69. The summed E-state index contributed by atoms with van der Waals surface area (Å²) in [4.78, 5) is 2.55. The average Bonchev–Trinajstić information content (AvgIpc) is 2.33. The molecule has 0 bridgehead atoms. The molecule has 2 heteroatoms. The van der Waals surface area contributed by atoms with E-state index in [1.807, 2.05) is 0 Å². The summed E-state index contributed by atoms with van der Waals surface area (Å²) in [5, 5.41) is 0. The lowest BCUT2D eigenvalue weighted by Crippen LogP contribution is -2.50. The summed E-state index contributed by atoms with van der Waals surface area (Å²) in [6.45, 7) is 6.65. The molecular weight excluding hydrogens is 208 g/mol. The van der Waals surface area contributed by atoms with E-state index in [9.17, 15) is 0 Å². The number of piperidine rings is 1. The van der Waals surface area contributed by atoms with Gasteiger partial charge in [-0.1, -0.05) is 18.2 Å². The molecule has 1 aromatic rings. The van der Waals surface area contributed by atoms with E-state index in [1.165, 1.54) is 18.5 Å². The maximum absolute atomic E-state index is 5.69. The van der Waals surface area contributed by atoms with Crippen LogP contribution in [0.1, 0.15) is 33.1 Å². The number of anilines is 1. The first-order valence-corrected chi connectivity index (χ1v) is 6.66. The van der Waals surface area contributed by atoms with Crippen LogP contribution >= 0.6 is 0 Å². The van der Waals surface area contributed by atoms with Crippen molar-refractivity contribution in [2.45, 2.75) is 38.6 Å². The Morgan fingerprint density at radius 1 is 1.29 bits per heavy atom. The van der Waals surface area contributed by atoms with Gasteiger partial charge < -0.3 is 10.6 Å². The molecule has 1 unspecified atom stereocenters. The number of benzene rings is 1. The van der Waals surface area contributed by atoms with Gasteiger partial charge in [0.05, 0.1) is 0 Å². The number of hydrogen-bond donors (Lipinski definition) is 1. The summed E-state index contributed by atoms with van der Waals surface area (Å²) in [6.07, 6.45) is 3.72. The summed E-state index contributed by atoms with van der Waals surface area (Å²) in [5.41, 5.74) is 7.31. The van der Waals surface area contributed by atoms with Crippen molar-refractivity contribution >= 4 is 5.69 Å². The highest BCUT2D eigenvalue weighted by molar-refractivity contribution is 5.49. The van der Waals surface area contributed by atoms with E-state index in [0.717, 1.165) is 25.4 Å². The minimum absolute atomic E-state index is 0.270. The zero-order valence-corrected chi connectivity index (χ0v) is 11.0. The molecule has 1 atom stereocenters. The predicted octanol–water partition coefficient (Wildman–Crippen LogP) is 3.03. The minimum Gasteiger partial charge on any atom is -0.366 e. The van der Waals surface area contributed by atoms with Crippen LogP contribution in [0.4, 0.5) is 5.69 Å². The number of nitrogens with zero attached hydrogens (tertiary/aromatic N) is 1. The fourth-order valence-corrected chi connectivity index (χ4v) is 2.82. The van der Waals surface area contributed by atoms with Gasteiger partial charge in [0.1, 0.15) is 0 Å². The molecule has 1 aliphatic rings. The zero-order valence-electron chi connectivity index (χ0n) is 11.0. The van der Waals surface area contributed by atoms with Crippen molar-refractivity contribution in [2.75, 3.05) is 18.0 Å². The molecule has 1 heterocycles. The summed E-state index contributed by atoms with van der Waals surface area (Å²) in [7, 11) is 0. The normalized spacial score (nSPS) is 23.7. The van der Waals surface area contributed by atoms with Gasteiger partial charge in [-0.25, -0.2) is 0 Å². The number of para-hydroxylation sites is 1. The first kappa shape index (κ1) is 12.4. The Morgan fingerprint density at radius 3 is 2.65 bits per heavy atom. The van der Waals surface area contributed by atoms with Crippen LogP contribution in [0, 0.1) is 5.92 Å². The highest BCUT2D eigenvalue weighted by Gasteiger charge is 2.33. The van der Waals surface area contributed by atoms with Gasteiger partial charge in [0.15, 0.2) is 0 Å². The second-order valence-corrected chi connectivity index (χ2v) is 5.74. The quantitative estimate of drug-likeness (QED) is 0.868. The molecule has 94 valence electrons. The molecule has 0 aromatic heterocycles. The van der Waals surface area contributed by atoms with Crippen molar-refractivity contribution in [3.63, 3.8) is 0 Å². The van der Waals surface area contributed by atoms with E-state index < -0.39 is 0 Å². The molecule has 1 aliphatic heterocycles. The fourth-order valence-electron chi connectivity index (χ4n) is 2.82. The van der Waals surface area contributed by atoms with Crippen molar-refractivity contribution < 1.29 is 0 Å². The lowest BCUT2D eigenvalue weighted by atomic mass is 9.83. The van der Waals surface area contributed by atoms with Crippen LogP contribution in [0.3, 0.4) is 0 Å². The monoisotopic (exact) mass is 232 g/mol. The number of rotatable bonds is 3. The van der Waals surface area contributed by atoms with Crippen molar-refractivity contribution in [2.24, 2.45) is 11.7 Å². The van der Waals surface area contributed by atoms with Gasteiger partial charge in [-0.15, -0.1) is 0 Å². The van der Waals surface area contributed by atoms with Gasteiger partial charge in [-0.05, 0) is 57.7 Å². The molecule has 1 fully saturated rings. The molecule has 1 saturated heterocycles. The van der Waals surface area contributed by atoms with Gasteiger partial charge in [0.2, 0.25) is 0 Å². The second-order valence-electron chi connectivity index (χ2n) is 5.74. The summed E-state index contributed by atoms with van der Waals surface area (Å²) < 4.78 is 0. The second kappa shape index (κ2) is 5.09. The molecule has 2 N–H and O–H groups in total. The molecule has 0 aliphatic carbocycles. The number of nitrogens with two attached hydrogens (primary N) is 1. The Bertz CT molecular complexity index is 345. The lowest BCUT2D eigenvalue weighted by molar-refractivity contribution is 0.282. The van der Waals surface area contributed by atoms with E-state index >= 15 is 0 Å². The van der Waals surface area contributed by atoms with E-state index in [0.29, 0.717) is 0 Å². The van der Waals surface area contributed by atoms with Gasteiger partial charge in [0, 0.05) is 17.8 Å². The molecular formula is C15H24N2. The Balaban J connectivity index is 2.16. The molecule has 1 aromatic carbocycles. The highest BCUT2D eigenvalue weighted by Crippen LogP contribution is 2.35. The van der Waals surface area contributed by atoms with Crippen molar-refractivity contribution in [1.29, 1.82) is 0 Å². The van der Waals surface area contributed by atoms with Crippen LogP contribution in [0.15, 0.2) is 30.3 Å². The fraction of sp³-hybridized carbons (Fsp3) is 0.600. The van der Waals surface area contributed by atoms with E-state index in [1.54, 1.807) is 0 Å². The summed E-state index contributed by atoms with van der Waals surface area (Å²) >= 11 is 0. The van der Waals surface area contributed by atoms with Crippen LogP contribution < -0.4 is 10.6 Å². The minimum atomic E-state index is 0.270. The molecule has 0 saturated carbocycles. The number of hydrogen-bond acceptors (Lipinski definition) is 2. The van der Waals surface area contributed by atoms with Gasteiger partial charge in [-0.2, -0.15) is 0 Å². The Kier molecular flexibility index (Phi) is 3.72. The van der Waals surface area contributed by atoms with Gasteiger partial charge in [-0.3, -0.25) is 0 Å². The average molecular weight is 232 g/mol. The first-order valence-electron chi connectivity index (χ1n) is 6.66. The molecule has 2 nitrogen and oxygen atoms in total. The van der Waals surface area contributed by atoms with Crippen LogP contribution in [0.2, 0.25) is 0 Å². The molecule has 0 spiro atoms. The van der Waals surface area contributed by atoms with E-state index in [2.05, 4.69) is 49.1 Å². The van der Waals surface area contributed by atoms with E-state index in [-0.39, 0.29) is 5.54 Å². The van der Waals surface area contributed by atoms with Crippen LogP contribution in [0.25, 0.3) is 0 Å². The van der Waals surface area contributed by atoms with Crippen LogP contribution in [-0.2, 0) is 0 Å². The lowest BCUT2D eigenvalue weighted by Gasteiger charge is -2.47. The third-order valence-corrected chi connectivity index (χ3v) is 3.98. The van der Waals surface area contributed by atoms with E-state index in [4.69, 9.17) is 5.73 Å². The predicted molar refractivity (Wildman–Crippen MR) is 74.3 cm³/mol. The Hall–Kier alpha value is -1.02. The van der Waals surface area contributed by atoms with Gasteiger partial charge >= 0.3 is 0 Å². The SMILES string of the molecule is CC1(C)CCC(CCN)CN1c1ccccc1. The highest BCUT2D eigenvalue weighted by atomic mass is 15.2. The Labute approximate surface area is 105 Å². The molecule has 0 radical (unpaired) electrons. The van der Waals surface area contributed by atoms with Crippen LogP contribution in [-0.4, -0.2) is 18.6 Å². The molecule has 17 heavy (non-hydrogen) atoms. The molecule has 2 rings (SSSR count).